The molecular formula is C24H30O3. The Hall–Kier alpha value is -1.12. The van der Waals surface area contributed by atoms with Crippen LogP contribution in [0.2, 0.25) is 0 Å². The van der Waals surface area contributed by atoms with Gasteiger partial charge in [-0.3, -0.25) is 9.59 Å². The first-order valence-corrected chi connectivity index (χ1v) is 11.4. The lowest BCUT2D eigenvalue weighted by molar-refractivity contribution is -0.177. The Morgan fingerprint density at radius 2 is 1.85 bits per heavy atom. The third-order valence-corrected chi connectivity index (χ3v) is 10.9. The summed E-state index contributed by atoms with van der Waals surface area (Å²) >= 11 is 0. The summed E-state index contributed by atoms with van der Waals surface area (Å²) in [6.07, 6.45) is 10.6. The zero-order valence-corrected chi connectivity index (χ0v) is 16.5. The SMILES string of the molecule is C[C@]12CCC(=O)C=C1[C@H]1C[C@H]1[C@@H]1[C@H]3[C@H]4C[C@H]4[C@@]4(CCC(=O)O4)[C@@]3(C)CC[C@H]12. The minimum Gasteiger partial charge on any atom is -0.458 e. The smallest absolute Gasteiger partial charge is 0.306 e. The van der Waals surface area contributed by atoms with Crippen molar-refractivity contribution in [1.82, 2.24) is 0 Å². The van der Waals surface area contributed by atoms with Gasteiger partial charge < -0.3 is 4.74 Å². The third-order valence-electron chi connectivity index (χ3n) is 10.9. The van der Waals surface area contributed by atoms with E-state index in [4.69, 9.17) is 4.74 Å². The Morgan fingerprint density at radius 1 is 1.00 bits per heavy atom. The molecule has 0 unspecified atom stereocenters. The average Bonchev–Trinajstić information content (AvgIpc) is 3.53. The van der Waals surface area contributed by atoms with Crippen molar-refractivity contribution >= 4 is 11.8 Å². The van der Waals surface area contributed by atoms with Crippen LogP contribution in [0.25, 0.3) is 0 Å². The Morgan fingerprint density at radius 3 is 2.63 bits per heavy atom. The fourth-order valence-electron chi connectivity index (χ4n) is 9.74. The largest absolute Gasteiger partial charge is 0.458 e. The van der Waals surface area contributed by atoms with E-state index in [9.17, 15) is 9.59 Å². The van der Waals surface area contributed by atoms with Gasteiger partial charge >= 0.3 is 5.97 Å². The summed E-state index contributed by atoms with van der Waals surface area (Å²) in [5, 5.41) is 0. The molecule has 1 spiro atoms. The van der Waals surface area contributed by atoms with E-state index in [-0.39, 0.29) is 22.4 Å². The number of fused-ring (bicyclic) bond motifs is 12. The van der Waals surface area contributed by atoms with Gasteiger partial charge in [0.25, 0.3) is 0 Å². The molecule has 0 aromatic rings. The number of rotatable bonds is 0. The van der Waals surface area contributed by atoms with Crippen molar-refractivity contribution in [3.8, 4) is 0 Å². The Kier molecular flexibility index (Phi) is 2.56. The van der Waals surface area contributed by atoms with Crippen LogP contribution in [0.4, 0.5) is 0 Å². The van der Waals surface area contributed by atoms with E-state index >= 15 is 0 Å². The van der Waals surface area contributed by atoms with Crippen molar-refractivity contribution in [1.29, 1.82) is 0 Å². The molecule has 0 bridgehead atoms. The van der Waals surface area contributed by atoms with Crippen LogP contribution in [0, 0.1) is 52.3 Å². The number of carbonyl (C=O) groups excluding carboxylic acids is 2. The highest BCUT2D eigenvalue weighted by Crippen LogP contribution is 2.82. The molecule has 1 aliphatic heterocycles. The molecule has 0 aromatic heterocycles. The number of esters is 1. The zero-order chi connectivity index (χ0) is 18.3. The van der Waals surface area contributed by atoms with Gasteiger partial charge in [-0.2, -0.15) is 0 Å². The molecule has 3 nitrogen and oxygen atoms in total. The highest BCUT2D eigenvalue weighted by Gasteiger charge is 2.81. The first kappa shape index (κ1) is 15.8. The standard InChI is InChI=1S/C24H30O3/c1-22-6-3-12(25)9-17(22)13-10-14(13)20-16(22)4-7-23(2)21(20)15-11-18(15)24(23)8-5-19(26)27-24/h9,13-16,18,20-21H,3-8,10-11H2,1-2H3/t13-,14+,15-,16+,18+,20-,21+,22+,23-,24-/m0/s1. The van der Waals surface area contributed by atoms with Crippen LogP contribution < -0.4 is 0 Å². The molecule has 0 N–H and O–H groups in total. The van der Waals surface area contributed by atoms with Crippen LogP contribution in [0.5, 0.6) is 0 Å². The number of ketones is 1. The molecule has 0 radical (unpaired) electrons. The molecule has 3 heteroatoms. The fraction of sp³-hybridized carbons (Fsp3) is 0.833. The number of allylic oxidation sites excluding steroid dienone is 1. The topological polar surface area (TPSA) is 43.4 Å². The lowest BCUT2D eigenvalue weighted by Gasteiger charge is -2.60. The van der Waals surface area contributed by atoms with Gasteiger partial charge in [-0.25, -0.2) is 0 Å². The Balaban J connectivity index is 1.33. The lowest BCUT2D eigenvalue weighted by Crippen LogP contribution is -2.57. The number of carbonyl (C=O) groups is 2. The maximum atomic E-state index is 12.2. The van der Waals surface area contributed by atoms with Crippen molar-refractivity contribution in [2.24, 2.45) is 52.3 Å². The van der Waals surface area contributed by atoms with Gasteiger partial charge in [-0.1, -0.05) is 19.4 Å². The summed E-state index contributed by atoms with van der Waals surface area (Å²) in [6.45, 7) is 4.99. The van der Waals surface area contributed by atoms with Crippen LogP contribution in [-0.2, 0) is 14.3 Å². The molecule has 10 atom stereocenters. The van der Waals surface area contributed by atoms with Gasteiger partial charge in [-0.15, -0.1) is 0 Å². The van der Waals surface area contributed by atoms with E-state index in [0.29, 0.717) is 24.0 Å². The molecule has 0 amide bonds. The van der Waals surface area contributed by atoms with Gasteiger partial charge in [-0.05, 0) is 85.5 Å². The van der Waals surface area contributed by atoms with E-state index in [0.717, 1.165) is 48.9 Å². The third kappa shape index (κ3) is 1.58. The maximum Gasteiger partial charge on any atom is 0.306 e. The van der Waals surface area contributed by atoms with E-state index in [1.165, 1.54) is 31.3 Å². The van der Waals surface area contributed by atoms with Crippen LogP contribution in [0.15, 0.2) is 11.6 Å². The van der Waals surface area contributed by atoms with Crippen molar-refractivity contribution < 1.29 is 14.3 Å². The highest BCUT2D eigenvalue weighted by atomic mass is 16.6. The maximum absolute atomic E-state index is 12.2. The number of hydrogen-bond acceptors (Lipinski definition) is 3. The first-order valence-electron chi connectivity index (χ1n) is 11.4. The van der Waals surface area contributed by atoms with Gasteiger partial charge in [0.05, 0.1) is 0 Å². The van der Waals surface area contributed by atoms with Crippen LogP contribution >= 0.6 is 0 Å². The molecule has 1 saturated heterocycles. The number of ether oxygens (including phenoxy) is 1. The summed E-state index contributed by atoms with van der Waals surface area (Å²) in [7, 11) is 0. The van der Waals surface area contributed by atoms with Crippen molar-refractivity contribution in [2.75, 3.05) is 0 Å². The summed E-state index contributed by atoms with van der Waals surface area (Å²) in [5.74, 6) is 5.65. The summed E-state index contributed by atoms with van der Waals surface area (Å²) < 4.78 is 6.22. The van der Waals surface area contributed by atoms with Crippen LogP contribution in [0.3, 0.4) is 0 Å². The minimum absolute atomic E-state index is 0.0561. The predicted molar refractivity (Wildman–Crippen MR) is 99.5 cm³/mol. The molecular weight excluding hydrogens is 336 g/mol. The van der Waals surface area contributed by atoms with E-state index in [1.54, 1.807) is 0 Å². The molecule has 7 aliphatic rings. The second-order valence-electron chi connectivity index (χ2n) is 11.5. The monoisotopic (exact) mass is 366 g/mol. The second-order valence-corrected chi connectivity index (χ2v) is 11.5. The Bertz CT molecular complexity index is 827. The van der Waals surface area contributed by atoms with E-state index in [2.05, 4.69) is 19.9 Å². The minimum atomic E-state index is -0.131. The quantitative estimate of drug-likeness (QED) is 0.600. The van der Waals surface area contributed by atoms with Crippen LogP contribution in [0.1, 0.15) is 65.2 Å². The first-order chi connectivity index (χ1) is 12.9. The van der Waals surface area contributed by atoms with Gasteiger partial charge in [0.1, 0.15) is 5.60 Å². The molecule has 6 aliphatic carbocycles. The summed E-state index contributed by atoms with van der Waals surface area (Å²) in [5.41, 5.74) is 1.85. The molecule has 7 rings (SSSR count). The van der Waals surface area contributed by atoms with Gasteiger partial charge in [0, 0.05) is 24.2 Å². The molecule has 27 heavy (non-hydrogen) atoms. The predicted octanol–water partition coefficient (Wildman–Crippen LogP) is 4.31. The lowest BCUT2D eigenvalue weighted by atomic mass is 9.45. The molecule has 0 aromatic carbocycles. The number of hydrogen-bond donors (Lipinski definition) is 0. The van der Waals surface area contributed by atoms with Crippen molar-refractivity contribution in [2.45, 2.75) is 70.8 Å². The molecule has 1 heterocycles. The van der Waals surface area contributed by atoms with Gasteiger partial charge in [0.2, 0.25) is 0 Å². The summed E-state index contributed by atoms with van der Waals surface area (Å²) in [6, 6.07) is 0. The molecule has 6 fully saturated rings. The average molecular weight is 367 g/mol. The Labute approximate surface area is 161 Å². The zero-order valence-electron chi connectivity index (χ0n) is 16.5. The normalized spacial score (nSPS) is 62.0. The second kappa shape index (κ2) is 4.39. The summed E-state index contributed by atoms with van der Waals surface area (Å²) in [4.78, 5) is 24.3. The van der Waals surface area contributed by atoms with E-state index in [1.807, 2.05) is 0 Å². The fourth-order valence-corrected chi connectivity index (χ4v) is 9.74. The van der Waals surface area contributed by atoms with E-state index < -0.39 is 0 Å². The highest BCUT2D eigenvalue weighted by molar-refractivity contribution is 5.92. The van der Waals surface area contributed by atoms with Crippen LogP contribution in [-0.4, -0.2) is 17.4 Å². The van der Waals surface area contributed by atoms with Crippen molar-refractivity contribution in [3.63, 3.8) is 0 Å². The van der Waals surface area contributed by atoms with Crippen molar-refractivity contribution in [3.05, 3.63) is 11.6 Å². The molecule has 144 valence electrons. The molecule has 5 saturated carbocycles. The van der Waals surface area contributed by atoms with Gasteiger partial charge in [0.15, 0.2) is 5.78 Å².